The lowest BCUT2D eigenvalue weighted by Crippen LogP contribution is -2.15. The van der Waals surface area contributed by atoms with Crippen LogP contribution in [0.15, 0.2) is 60.7 Å². The van der Waals surface area contributed by atoms with E-state index in [0.29, 0.717) is 23.3 Å². The lowest BCUT2D eigenvalue weighted by atomic mass is 9.77. The minimum Gasteiger partial charge on any atom is -0.206 e. The summed E-state index contributed by atoms with van der Waals surface area (Å²) in [5, 5.41) is 0. The van der Waals surface area contributed by atoms with E-state index in [4.69, 9.17) is 0 Å². The van der Waals surface area contributed by atoms with Crippen molar-refractivity contribution in [2.45, 2.75) is 64.7 Å². The third kappa shape index (κ3) is 4.20. The SMILES string of the molecule is Cc1ccc(F)c(-c2ccc(C3CCc4ccc([C@@H](C(C)C)C5CC5)cc4C3)cc2)c1. The summed E-state index contributed by atoms with van der Waals surface area (Å²) in [5.41, 5.74) is 8.78. The molecule has 160 valence electrons. The van der Waals surface area contributed by atoms with E-state index < -0.39 is 0 Å². The third-order valence-electron chi connectivity index (χ3n) is 7.51. The molecular weight excluding hydrogens is 379 g/mol. The van der Waals surface area contributed by atoms with Gasteiger partial charge in [-0.2, -0.15) is 0 Å². The number of hydrogen-bond acceptors (Lipinski definition) is 0. The van der Waals surface area contributed by atoms with Gasteiger partial charge in [0, 0.05) is 5.56 Å². The van der Waals surface area contributed by atoms with Crippen LogP contribution < -0.4 is 0 Å². The maximum absolute atomic E-state index is 14.3. The molecule has 0 heterocycles. The van der Waals surface area contributed by atoms with Gasteiger partial charge in [0.2, 0.25) is 0 Å². The molecule has 0 spiro atoms. The average molecular weight is 413 g/mol. The zero-order valence-electron chi connectivity index (χ0n) is 19.0. The first-order valence-electron chi connectivity index (χ1n) is 12.0. The van der Waals surface area contributed by atoms with E-state index in [9.17, 15) is 4.39 Å². The monoisotopic (exact) mass is 412 g/mol. The van der Waals surface area contributed by atoms with E-state index in [1.807, 2.05) is 19.1 Å². The van der Waals surface area contributed by atoms with E-state index >= 15 is 0 Å². The van der Waals surface area contributed by atoms with Gasteiger partial charge in [0.25, 0.3) is 0 Å². The van der Waals surface area contributed by atoms with Crippen LogP contribution >= 0.6 is 0 Å². The molecule has 0 N–H and O–H groups in total. The van der Waals surface area contributed by atoms with Crippen LogP contribution in [0.5, 0.6) is 0 Å². The Morgan fingerprint density at radius 1 is 0.839 bits per heavy atom. The van der Waals surface area contributed by atoms with Gasteiger partial charge in [0.15, 0.2) is 0 Å². The molecule has 0 amide bonds. The molecule has 1 heteroatoms. The fourth-order valence-electron chi connectivity index (χ4n) is 5.72. The van der Waals surface area contributed by atoms with Crippen molar-refractivity contribution < 1.29 is 4.39 Å². The van der Waals surface area contributed by atoms with Gasteiger partial charge in [-0.3, -0.25) is 0 Å². The van der Waals surface area contributed by atoms with Crippen molar-refractivity contribution >= 4 is 0 Å². The first-order valence-corrected chi connectivity index (χ1v) is 12.0. The van der Waals surface area contributed by atoms with Crippen LogP contribution in [0.2, 0.25) is 0 Å². The van der Waals surface area contributed by atoms with Crippen molar-refractivity contribution in [3.05, 3.63) is 94.3 Å². The summed E-state index contributed by atoms with van der Waals surface area (Å²) in [6.45, 7) is 6.77. The summed E-state index contributed by atoms with van der Waals surface area (Å²) < 4.78 is 14.3. The number of aryl methyl sites for hydroxylation is 2. The minimum absolute atomic E-state index is 0.146. The molecule has 31 heavy (non-hydrogen) atoms. The summed E-state index contributed by atoms with van der Waals surface area (Å²) in [6, 6.07) is 21.3. The van der Waals surface area contributed by atoms with Crippen molar-refractivity contribution in [1.29, 1.82) is 0 Å². The Kier molecular flexibility index (Phi) is 5.46. The largest absolute Gasteiger partial charge is 0.206 e. The minimum atomic E-state index is -0.146. The van der Waals surface area contributed by atoms with Gasteiger partial charge in [-0.25, -0.2) is 4.39 Å². The van der Waals surface area contributed by atoms with Gasteiger partial charge in [-0.05, 0) is 103 Å². The Morgan fingerprint density at radius 3 is 2.32 bits per heavy atom. The molecular formula is C30H33F. The van der Waals surface area contributed by atoms with E-state index in [1.165, 1.54) is 30.4 Å². The van der Waals surface area contributed by atoms with Crippen LogP contribution in [-0.4, -0.2) is 0 Å². The highest BCUT2D eigenvalue weighted by Crippen LogP contribution is 2.47. The summed E-state index contributed by atoms with van der Waals surface area (Å²) in [5.74, 6) is 2.73. The standard InChI is InChI=1S/C30H33F/c1-19(2)30(24-11-12-24)26-14-8-22-7-13-25(17-27(22)18-26)21-5-9-23(10-6-21)28-16-20(3)4-15-29(28)31/h4-6,8-10,14-16,18-19,24-25,30H,7,11-13,17H2,1-3H3/t25?,30-/m0/s1. The third-order valence-corrected chi connectivity index (χ3v) is 7.51. The van der Waals surface area contributed by atoms with Gasteiger partial charge >= 0.3 is 0 Å². The second-order valence-electron chi connectivity index (χ2n) is 10.2. The smallest absolute Gasteiger partial charge is 0.131 e. The van der Waals surface area contributed by atoms with E-state index in [2.05, 4.69) is 56.3 Å². The molecule has 1 fully saturated rings. The predicted molar refractivity (Wildman–Crippen MR) is 128 cm³/mol. The Bertz CT molecular complexity index is 1070. The molecule has 0 nitrogen and oxygen atoms in total. The first-order chi connectivity index (χ1) is 15.0. The normalized spacial score (nSPS) is 19.3. The lowest BCUT2D eigenvalue weighted by Gasteiger charge is -2.28. The molecule has 3 aromatic rings. The zero-order valence-corrected chi connectivity index (χ0v) is 19.0. The molecule has 2 aliphatic carbocycles. The fourth-order valence-corrected chi connectivity index (χ4v) is 5.72. The molecule has 5 rings (SSSR count). The number of fused-ring (bicyclic) bond motifs is 1. The van der Waals surface area contributed by atoms with Crippen LogP contribution in [0, 0.1) is 24.6 Å². The lowest BCUT2D eigenvalue weighted by molar-refractivity contribution is 0.449. The number of halogens is 1. The Hall–Kier alpha value is -2.41. The van der Waals surface area contributed by atoms with Crippen LogP contribution in [0.4, 0.5) is 4.39 Å². The van der Waals surface area contributed by atoms with Gasteiger partial charge in [-0.1, -0.05) is 67.9 Å². The summed E-state index contributed by atoms with van der Waals surface area (Å²) in [7, 11) is 0. The Morgan fingerprint density at radius 2 is 1.61 bits per heavy atom. The molecule has 1 unspecified atom stereocenters. The number of rotatable bonds is 5. The predicted octanol–water partition coefficient (Wildman–Crippen LogP) is 8.22. The van der Waals surface area contributed by atoms with Gasteiger partial charge in [0.1, 0.15) is 5.82 Å². The molecule has 0 radical (unpaired) electrons. The molecule has 0 bridgehead atoms. The number of hydrogen-bond donors (Lipinski definition) is 0. The molecule has 3 aromatic carbocycles. The van der Waals surface area contributed by atoms with Crippen molar-refractivity contribution in [1.82, 2.24) is 0 Å². The van der Waals surface area contributed by atoms with Crippen LogP contribution in [0.3, 0.4) is 0 Å². The second-order valence-corrected chi connectivity index (χ2v) is 10.2. The van der Waals surface area contributed by atoms with Gasteiger partial charge in [-0.15, -0.1) is 0 Å². The van der Waals surface area contributed by atoms with Crippen molar-refractivity contribution in [2.75, 3.05) is 0 Å². The van der Waals surface area contributed by atoms with Crippen molar-refractivity contribution in [3.63, 3.8) is 0 Å². The fraction of sp³-hybridized carbons (Fsp3) is 0.400. The quantitative estimate of drug-likeness (QED) is 0.396. The van der Waals surface area contributed by atoms with Crippen LogP contribution in [-0.2, 0) is 12.8 Å². The highest BCUT2D eigenvalue weighted by atomic mass is 19.1. The maximum Gasteiger partial charge on any atom is 0.131 e. The molecule has 1 saturated carbocycles. The Labute approximate surface area is 186 Å². The second kappa shape index (κ2) is 8.26. The Balaban J connectivity index is 1.37. The molecule has 0 aromatic heterocycles. The van der Waals surface area contributed by atoms with E-state index in [0.717, 1.165) is 29.9 Å². The van der Waals surface area contributed by atoms with E-state index in [-0.39, 0.29) is 5.82 Å². The summed E-state index contributed by atoms with van der Waals surface area (Å²) >= 11 is 0. The molecule has 0 saturated heterocycles. The highest BCUT2D eigenvalue weighted by molar-refractivity contribution is 5.65. The van der Waals surface area contributed by atoms with Crippen LogP contribution in [0.25, 0.3) is 11.1 Å². The zero-order chi connectivity index (χ0) is 21.5. The maximum atomic E-state index is 14.3. The van der Waals surface area contributed by atoms with Gasteiger partial charge < -0.3 is 0 Å². The summed E-state index contributed by atoms with van der Waals surface area (Å²) in [4.78, 5) is 0. The number of benzene rings is 3. The molecule has 2 aliphatic rings. The summed E-state index contributed by atoms with van der Waals surface area (Å²) in [6.07, 6.45) is 6.27. The topological polar surface area (TPSA) is 0 Å². The highest BCUT2D eigenvalue weighted by Gasteiger charge is 2.34. The van der Waals surface area contributed by atoms with Crippen molar-refractivity contribution in [3.8, 4) is 11.1 Å². The average Bonchev–Trinajstić information content (AvgIpc) is 3.60. The molecule has 2 atom stereocenters. The molecule has 0 aliphatic heterocycles. The van der Waals surface area contributed by atoms with Crippen LogP contribution in [0.1, 0.15) is 72.8 Å². The van der Waals surface area contributed by atoms with Crippen molar-refractivity contribution in [2.24, 2.45) is 11.8 Å². The van der Waals surface area contributed by atoms with E-state index in [1.54, 1.807) is 17.2 Å². The van der Waals surface area contributed by atoms with Gasteiger partial charge in [0.05, 0.1) is 0 Å². The first kappa shape index (κ1) is 20.5.